The average Bonchev–Trinajstić information content (AvgIpc) is 2.54. The molecule has 0 atom stereocenters. The number of nitrogens with one attached hydrogen (secondary N) is 1. The first-order valence-electron chi connectivity index (χ1n) is 7.68. The number of rotatable bonds is 2. The third-order valence-electron chi connectivity index (χ3n) is 4.27. The number of hydrogen-bond acceptors (Lipinski definition) is 3. The third kappa shape index (κ3) is 2.52. The van der Waals surface area contributed by atoms with Gasteiger partial charge in [-0.05, 0) is 36.6 Å². The van der Waals surface area contributed by atoms with Crippen LogP contribution >= 0.6 is 0 Å². The first-order chi connectivity index (χ1) is 9.79. The number of anilines is 2. The molecule has 0 spiro atoms. The van der Waals surface area contributed by atoms with Crippen molar-refractivity contribution in [2.45, 2.75) is 26.2 Å². The van der Waals surface area contributed by atoms with Gasteiger partial charge in [-0.1, -0.05) is 6.92 Å². The molecule has 1 amide bonds. The Morgan fingerprint density at radius 1 is 1.25 bits per heavy atom. The van der Waals surface area contributed by atoms with E-state index < -0.39 is 0 Å². The van der Waals surface area contributed by atoms with Crippen LogP contribution in [0.15, 0.2) is 18.2 Å². The minimum absolute atomic E-state index is 0.237. The topological polar surface area (TPSA) is 35.6 Å². The number of hydrogen-bond donors (Lipinski definition) is 1. The summed E-state index contributed by atoms with van der Waals surface area (Å²) in [7, 11) is 0. The molecule has 0 unspecified atom stereocenters. The zero-order chi connectivity index (χ0) is 13.9. The Kier molecular flexibility index (Phi) is 3.92. The molecule has 0 radical (unpaired) electrons. The lowest BCUT2D eigenvalue weighted by atomic mass is 10.00. The smallest absolute Gasteiger partial charge is 0.226 e. The zero-order valence-electron chi connectivity index (χ0n) is 12.2. The van der Waals surface area contributed by atoms with E-state index in [1.165, 1.54) is 11.3 Å². The quantitative estimate of drug-likeness (QED) is 0.892. The first-order valence-corrected chi connectivity index (χ1v) is 7.68. The molecule has 3 rings (SSSR count). The fourth-order valence-corrected chi connectivity index (χ4v) is 3.15. The molecule has 1 fully saturated rings. The number of piperazine rings is 1. The second kappa shape index (κ2) is 5.83. The van der Waals surface area contributed by atoms with Gasteiger partial charge >= 0.3 is 0 Å². The molecule has 0 bridgehead atoms. The van der Waals surface area contributed by atoms with Gasteiger partial charge in [0.25, 0.3) is 0 Å². The highest BCUT2D eigenvalue weighted by molar-refractivity contribution is 5.94. The van der Waals surface area contributed by atoms with E-state index in [0.717, 1.165) is 51.3 Å². The molecule has 0 aromatic heterocycles. The lowest BCUT2D eigenvalue weighted by Crippen LogP contribution is -2.43. The van der Waals surface area contributed by atoms with Crippen molar-refractivity contribution in [2.24, 2.45) is 0 Å². The minimum atomic E-state index is 0.237. The molecule has 108 valence electrons. The number of aryl methyl sites for hydroxylation is 1. The molecule has 0 saturated carbocycles. The number of benzene rings is 1. The predicted molar refractivity (Wildman–Crippen MR) is 82.5 cm³/mol. The largest absolute Gasteiger partial charge is 0.369 e. The predicted octanol–water partition coefficient (Wildman–Crippen LogP) is 1.79. The van der Waals surface area contributed by atoms with Crippen LogP contribution < -0.4 is 15.1 Å². The third-order valence-corrected chi connectivity index (χ3v) is 4.27. The van der Waals surface area contributed by atoms with Crippen LogP contribution in [0.2, 0.25) is 0 Å². The molecule has 2 heterocycles. The standard InChI is InChI=1S/C16H23N3O/c1-2-16(20)19-9-3-4-13-12-14(5-6-15(13)19)18-10-7-17-8-11-18/h5-6,12,17H,2-4,7-11H2,1H3. The van der Waals surface area contributed by atoms with Gasteiger partial charge in [0.2, 0.25) is 5.91 Å². The molecule has 2 aliphatic heterocycles. The van der Waals surface area contributed by atoms with Crippen molar-refractivity contribution in [2.75, 3.05) is 42.5 Å². The summed E-state index contributed by atoms with van der Waals surface area (Å²) in [5.74, 6) is 0.237. The fraction of sp³-hybridized carbons (Fsp3) is 0.562. The summed E-state index contributed by atoms with van der Waals surface area (Å²) in [6.45, 7) is 7.04. The van der Waals surface area contributed by atoms with Crippen LogP contribution in [0.25, 0.3) is 0 Å². The van der Waals surface area contributed by atoms with Gasteiger partial charge in [-0.2, -0.15) is 0 Å². The highest BCUT2D eigenvalue weighted by atomic mass is 16.2. The van der Waals surface area contributed by atoms with Crippen molar-refractivity contribution < 1.29 is 4.79 Å². The first kappa shape index (κ1) is 13.4. The van der Waals surface area contributed by atoms with Crippen LogP contribution in [0.5, 0.6) is 0 Å². The van der Waals surface area contributed by atoms with Crippen LogP contribution in [0.3, 0.4) is 0 Å². The van der Waals surface area contributed by atoms with Gasteiger partial charge in [0.15, 0.2) is 0 Å². The molecule has 1 aromatic rings. The molecular weight excluding hydrogens is 250 g/mol. The number of nitrogens with zero attached hydrogens (tertiary/aromatic N) is 2. The highest BCUT2D eigenvalue weighted by Crippen LogP contribution is 2.31. The SMILES string of the molecule is CCC(=O)N1CCCc2cc(N3CCNCC3)ccc21. The Labute approximate surface area is 120 Å². The van der Waals surface area contributed by atoms with Gasteiger partial charge in [0.05, 0.1) is 0 Å². The summed E-state index contributed by atoms with van der Waals surface area (Å²) >= 11 is 0. The van der Waals surface area contributed by atoms with Crippen LogP contribution in [0, 0.1) is 0 Å². The van der Waals surface area contributed by atoms with Crippen molar-refractivity contribution in [3.63, 3.8) is 0 Å². The van der Waals surface area contributed by atoms with Crippen molar-refractivity contribution >= 4 is 17.3 Å². The van der Waals surface area contributed by atoms with Gasteiger partial charge < -0.3 is 15.1 Å². The zero-order valence-corrected chi connectivity index (χ0v) is 12.2. The van der Waals surface area contributed by atoms with E-state index in [1.54, 1.807) is 0 Å². The molecule has 2 aliphatic rings. The fourth-order valence-electron chi connectivity index (χ4n) is 3.15. The molecule has 20 heavy (non-hydrogen) atoms. The highest BCUT2D eigenvalue weighted by Gasteiger charge is 2.22. The normalized spacial score (nSPS) is 18.9. The summed E-state index contributed by atoms with van der Waals surface area (Å²) in [6, 6.07) is 6.60. The second-order valence-electron chi connectivity index (χ2n) is 5.55. The van der Waals surface area contributed by atoms with Gasteiger partial charge in [-0.25, -0.2) is 0 Å². The molecule has 1 aromatic carbocycles. The number of fused-ring (bicyclic) bond motifs is 1. The Hall–Kier alpha value is -1.55. The van der Waals surface area contributed by atoms with Crippen molar-refractivity contribution in [1.29, 1.82) is 0 Å². The summed E-state index contributed by atoms with van der Waals surface area (Å²) in [5.41, 5.74) is 3.76. The molecule has 1 N–H and O–H groups in total. The van der Waals surface area contributed by atoms with Crippen molar-refractivity contribution in [3.05, 3.63) is 23.8 Å². The van der Waals surface area contributed by atoms with E-state index in [2.05, 4.69) is 28.4 Å². The van der Waals surface area contributed by atoms with Gasteiger partial charge in [0.1, 0.15) is 0 Å². The van der Waals surface area contributed by atoms with E-state index in [-0.39, 0.29) is 5.91 Å². The average molecular weight is 273 g/mol. The number of carbonyl (C=O) groups is 1. The van der Waals surface area contributed by atoms with Crippen LogP contribution in [0.4, 0.5) is 11.4 Å². The molecule has 4 nitrogen and oxygen atoms in total. The Morgan fingerprint density at radius 2 is 2.05 bits per heavy atom. The number of carbonyl (C=O) groups excluding carboxylic acids is 1. The van der Waals surface area contributed by atoms with Crippen molar-refractivity contribution in [3.8, 4) is 0 Å². The lowest BCUT2D eigenvalue weighted by molar-refractivity contribution is -0.118. The minimum Gasteiger partial charge on any atom is -0.369 e. The van der Waals surface area contributed by atoms with Gasteiger partial charge in [-0.15, -0.1) is 0 Å². The summed E-state index contributed by atoms with van der Waals surface area (Å²) in [6.07, 6.45) is 2.74. The number of amides is 1. The Bertz CT molecular complexity index is 494. The van der Waals surface area contributed by atoms with E-state index in [9.17, 15) is 4.79 Å². The maximum absolute atomic E-state index is 12.0. The molecular formula is C16H23N3O. The maximum atomic E-state index is 12.0. The summed E-state index contributed by atoms with van der Waals surface area (Å²) in [4.78, 5) is 16.4. The molecule has 0 aliphatic carbocycles. The summed E-state index contributed by atoms with van der Waals surface area (Å²) in [5, 5.41) is 3.38. The van der Waals surface area contributed by atoms with Gasteiger partial charge in [-0.3, -0.25) is 4.79 Å². The van der Waals surface area contributed by atoms with Crippen LogP contribution in [-0.2, 0) is 11.2 Å². The van der Waals surface area contributed by atoms with Crippen LogP contribution in [-0.4, -0.2) is 38.6 Å². The molecule has 4 heteroatoms. The maximum Gasteiger partial charge on any atom is 0.226 e. The van der Waals surface area contributed by atoms with Gasteiger partial charge in [0, 0.05) is 50.5 Å². The van der Waals surface area contributed by atoms with Crippen molar-refractivity contribution in [1.82, 2.24) is 5.32 Å². The second-order valence-corrected chi connectivity index (χ2v) is 5.55. The van der Waals surface area contributed by atoms with E-state index >= 15 is 0 Å². The molecule has 1 saturated heterocycles. The van der Waals surface area contributed by atoms with E-state index in [4.69, 9.17) is 0 Å². The Morgan fingerprint density at radius 3 is 2.80 bits per heavy atom. The van der Waals surface area contributed by atoms with Crippen LogP contribution in [0.1, 0.15) is 25.3 Å². The van der Waals surface area contributed by atoms with E-state index in [1.807, 2.05) is 11.8 Å². The Balaban J connectivity index is 1.86. The van der Waals surface area contributed by atoms with E-state index in [0.29, 0.717) is 6.42 Å². The monoisotopic (exact) mass is 273 g/mol. The summed E-state index contributed by atoms with van der Waals surface area (Å²) < 4.78 is 0. The lowest BCUT2D eigenvalue weighted by Gasteiger charge is -2.33.